The lowest BCUT2D eigenvalue weighted by Crippen LogP contribution is -2.42. The summed E-state index contributed by atoms with van der Waals surface area (Å²) in [4.78, 5) is 0.000320. The molecule has 7 nitrogen and oxygen atoms in total. The molecule has 1 fully saturated rings. The summed E-state index contributed by atoms with van der Waals surface area (Å²) in [6.07, 6.45) is 1.46. The average Bonchev–Trinajstić information content (AvgIpc) is 3.06. The zero-order valence-corrected chi connectivity index (χ0v) is 17.1. The minimum absolute atomic E-state index is 0. The van der Waals surface area contributed by atoms with Crippen molar-refractivity contribution in [2.75, 3.05) is 33.7 Å². The Bertz CT molecular complexity index is 776. The molecule has 1 saturated heterocycles. The van der Waals surface area contributed by atoms with Crippen molar-refractivity contribution in [1.29, 1.82) is 0 Å². The van der Waals surface area contributed by atoms with Gasteiger partial charge in [0.05, 0.1) is 9.79 Å². The second-order valence-corrected chi connectivity index (χ2v) is 10.1. The van der Waals surface area contributed by atoms with Gasteiger partial charge in [-0.2, -0.15) is 4.31 Å². The first-order chi connectivity index (χ1) is 11.2. The van der Waals surface area contributed by atoms with E-state index in [0.29, 0.717) is 19.5 Å². The molecule has 1 aliphatic rings. The largest absolute Gasteiger partial charge is 0.315 e. The third kappa shape index (κ3) is 4.72. The molecule has 0 amide bonds. The van der Waals surface area contributed by atoms with E-state index in [1.54, 1.807) is 0 Å². The van der Waals surface area contributed by atoms with E-state index in [-0.39, 0.29) is 28.2 Å². The van der Waals surface area contributed by atoms with Gasteiger partial charge in [0.15, 0.2) is 0 Å². The molecule has 0 saturated carbocycles. The van der Waals surface area contributed by atoms with E-state index in [1.807, 2.05) is 6.92 Å². The van der Waals surface area contributed by atoms with Crippen LogP contribution >= 0.6 is 12.4 Å². The molecule has 0 aromatic heterocycles. The topological polar surface area (TPSA) is 86.8 Å². The van der Waals surface area contributed by atoms with Gasteiger partial charge in [-0.1, -0.05) is 13.0 Å². The molecule has 1 unspecified atom stereocenters. The molecule has 144 valence electrons. The lowest BCUT2D eigenvalue weighted by Gasteiger charge is -2.27. The molecule has 2 rings (SSSR count). The van der Waals surface area contributed by atoms with E-state index in [9.17, 15) is 16.8 Å². The standard InChI is InChI=1S/C15H25N3O4S2.ClH/c1-4-10-18(13-8-9-16-12-13)24(21,22)15-7-5-6-14(11-15)23(19,20)17(2)3;/h5-7,11,13,16H,4,8-10,12H2,1-3H3;1H. The van der Waals surface area contributed by atoms with E-state index >= 15 is 0 Å². The van der Waals surface area contributed by atoms with Crippen molar-refractivity contribution < 1.29 is 16.8 Å². The van der Waals surface area contributed by atoms with Crippen molar-refractivity contribution >= 4 is 32.5 Å². The van der Waals surface area contributed by atoms with Gasteiger partial charge in [-0.15, -0.1) is 12.4 Å². The second-order valence-electron chi connectivity index (χ2n) is 6.02. The number of nitrogens with one attached hydrogen (secondary N) is 1. The van der Waals surface area contributed by atoms with Crippen molar-refractivity contribution in [1.82, 2.24) is 13.9 Å². The first-order valence-electron chi connectivity index (χ1n) is 7.96. The third-order valence-electron chi connectivity index (χ3n) is 4.08. The molecule has 1 N–H and O–H groups in total. The van der Waals surface area contributed by atoms with Gasteiger partial charge in [-0.25, -0.2) is 21.1 Å². The molecule has 1 heterocycles. The van der Waals surface area contributed by atoms with Crippen molar-refractivity contribution in [3.05, 3.63) is 24.3 Å². The fourth-order valence-corrected chi connectivity index (χ4v) is 5.56. The molecular formula is C15H26ClN3O4S2. The van der Waals surface area contributed by atoms with Crippen molar-refractivity contribution in [3.63, 3.8) is 0 Å². The van der Waals surface area contributed by atoms with Crippen LogP contribution in [0.4, 0.5) is 0 Å². The molecular weight excluding hydrogens is 386 g/mol. The van der Waals surface area contributed by atoms with E-state index in [2.05, 4.69) is 5.32 Å². The summed E-state index contributed by atoms with van der Waals surface area (Å²) in [6, 6.07) is 5.49. The first-order valence-corrected chi connectivity index (χ1v) is 10.8. The van der Waals surface area contributed by atoms with Gasteiger partial charge in [0, 0.05) is 33.2 Å². The monoisotopic (exact) mass is 411 g/mol. The maximum absolute atomic E-state index is 13.0. The summed E-state index contributed by atoms with van der Waals surface area (Å²) in [5.74, 6) is 0. The summed E-state index contributed by atoms with van der Waals surface area (Å²) in [5.41, 5.74) is 0. The summed E-state index contributed by atoms with van der Waals surface area (Å²) in [5, 5.41) is 3.18. The Balaban J connectivity index is 0.00000312. The lowest BCUT2D eigenvalue weighted by atomic mass is 10.2. The number of sulfonamides is 2. The molecule has 25 heavy (non-hydrogen) atoms. The van der Waals surface area contributed by atoms with Crippen LogP contribution in [-0.2, 0) is 20.0 Å². The Morgan fingerprint density at radius 1 is 1.12 bits per heavy atom. The van der Waals surface area contributed by atoms with E-state index in [0.717, 1.165) is 17.3 Å². The smallest absolute Gasteiger partial charge is 0.243 e. The molecule has 10 heteroatoms. The van der Waals surface area contributed by atoms with Gasteiger partial charge in [0.25, 0.3) is 0 Å². The quantitative estimate of drug-likeness (QED) is 0.726. The normalized spacial score (nSPS) is 18.5. The summed E-state index contributed by atoms with van der Waals surface area (Å²) < 4.78 is 53.2. The van der Waals surface area contributed by atoms with Crippen LogP contribution < -0.4 is 5.32 Å². The van der Waals surface area contributed by atoms with Gasteiger partial charge >= 0.3 is 0 Å². The van der Waals surface area contributed by atoms with Crippen LogP contribution in [0.15, 0.2) is 34.1 Å². The summed E-state index contributed by atoms with van der Waals surface area (Å²) >= 11 is 0. The Kier molecular flexibility index (Phi) is 7.85. The molecule has 1 aliphatic heterocycles. The highest BCUT2D eigenvalue weighted by atomic mass is 35.5. The molecule has 0 spiro atoms. The lowest BCUT2D eigenvalue weighted by molar-refractivity contribution is 0.335. The highest BCUT2D eigenvalue weighted by Gasteiger charge is 2.33. The zero-order chi connectivity index (χ0) is 18.0. The predicted molar refractivity (Wildman–Crippen MR) is 100 cm³/mol. The van der Waals surface area contributed by atoms with E-state index in [4.69, 9.17) is 0 Å². The Hall–Kier alpha value is -0.710. The maximum Gasteiger partial charge on any atom is 0.243 e. The number of hydrogen-bond donors (Lipinski definition) is 1. The minimum Gasteiger partial charge on any atom is -0.315 e. The molecule has 0 aliphatic carbocycles. The Morgan fingerprint density at radius 3 is 2.20 bits per heavy atom. The van der Waals surface area contributed by atoms with Crippen LogP contribution in [0.25, 0.3) is 0 Å². The van der Waals surface area contributed by atoms with Gasteiger partial charge in [-0.3, -0.25) is 0 Å². The number of benzene rings is 1. The van der Waals surface area contributed by atoms with E-state index < -0.39 is 20.0 Å². The van der Waals surface area contributed by atoms with Crippen LogP contribution in [0, 0.1) is 0 Å². The number of nitrogens with zero attached hydrogens (tertiary/aromatic N) is 2. The minimum atomic E-state index is -3.74. The predicted octanol–water partition coefficient (Wildman–Crippen LogP) is 1.12. The number of rotatable bonds is 7. The molecule has 0 radical (unpaired) electrons. The SMILES string of the molecule is CCCN(C1CCNC1)S(=O)(=O)c1cccc(S(=O)(=O)N(C)C)c1.Cl. The summed E-state index contributed by atoms with van der Waals surface area (Å²) in [7, 11) is -4.58. The highest BCUT2D eigenvalue weighted by molar-refractivity contribution is 7.90. The maximum atomic E-state index is 13.0. The van der Waals surface area contributed by atoms with Gasteiger partial charge in [0.1, 0.15) is 0 Å². The second kappa shape index (κ2) is 8.79. The highest BCUT2D eigenvalue weighted by Crippen LogP contribution is 2.24. The Morgan fingerprint density at radius 2 is 1.72 bits per heavy atom. The fourth-order valence-electron chi connectivity index (χ4n) is 2.75. The first kappa shape index (κ1) is 22.3. The van der Waals surface area contributed by atoms with E-state index in [1.165, 1.54) is 42.7 Å². The van der Waals surface area contributed by atoms with Crippen LogP contribution in [0.3, 0.4) is 0 Å². The molecule has 0 bridgehead atoms. The van der Waals surface area contributed by atoms with Crippen LogP contribution in [0.2, 0.25) is 0 Å². The molecule has 1 aromatic carbocycles. The van der Waals surface area contributed by atoms with Crippen LogP contribution in [0.1, 0.15) is 19.8 Å². The Labute approximate surface area is 156 Å². The van der Waals surface area contributed by atoms with Crippen molar-refractivity contribution in [3.8, 4) is 0 Å². The van der Waals surface area contributed by atoms with Crippen molar-refractivity contribution in [2.45, 2.75) is 35.6 Å². The van der Waals surface area contributed by atoms with Gasteiger partial charge in [-0.05, 0) is 37.6 Å². The number of hydrogen-bond acceptors (Lipinski definition) is 5. The number of halogens is 1. The van der Waals surface area contributed by atoms with Crippen LogP contribution in [-0.4, -0.2) is 65.2 Å². The molecule has 1 atom stereocenters. The third-order valence-corrected chi connectivity index (χ3v) is 7.84. The van der Waals surface area contributed by atoms with Crippen molar-refractivity contribution in [2.24, 2.45) is 0 Å². The fraction of sp³-hybridized carbons (Fsp3) is 0.600. The average molecular weight is 412 g/mol. The zero-order valence-electron chi connectivity index (χ0n) is 14.7. The van der Waals surface area contributed by atoms with Gasteiger partial charge < -0.3 is 5.32 Å². The molecule has 1 aromatic rings. The van der Waals surface area contributed by atoms with Crippen LogP contribution in [0.5, 0.6) is 0 Å². The summed E-state index contributed by atoms with van der Waals surface area (Å²) in [6.45, 7) is 3.75. The van der Waals surface area contributed by atoms with Gasteiger partial charge in [0.2, 0.25) is 20.0 Å².